The van der Waals surface area contributed by atoms with Gasteiger partial charge in [-0.25, -0.2) is 4.39 Å². The zero-order chi connectivity index (χ0) is 22.1. The number of carbonyl (C=O) groups is 2. The average molecular weight is 455 g/mol. The molecular formula is C22H25Cl2FN2O3. The number of benzene rings is 2. The Morgan fingerprint density at radius 3 is 2.30 bits per heavy atom. The van der Waals surface area contributed by atoms with Gasteiger partial charge in [0.25, 0.3) is 5.91 Å². The Labute approximate surface area is 186 Å². The molecule has 0 fully saturated rings. The van der Waals surface area contributed by atoms with Crippen LogP contribution >= 0.6 is 23.2 Å². The molecule has 5 nitrogen and oxygen atoms in total. The van der Waals surface area contributed by atoms with E-state index in [0.29, 0.717) is 34.3 Å². The first kappa shape index (κ1) is 24.0. The minimum atomic E-state index is -0.715. The average Bonchev–Trinajstić information content (AvgIpc) is 2.73. The van der Waals surface area contributed by atoms with Crippen molar-refractivity contribution in [2.75, 3.05) is 13.2 Å². The summed E-state index contributed by atoms with van der Waals surface area (Å²) in [4.78, 5) is 27.2. The summed E-state index contributed by atoms with van der Waals surface area (Å²) >= 11 is 12.6. The highest BCUT2D eigenvalue weighted by Gasteiger charge is 2.29. The van der Waals surface area contributed by atoms with Crippen molar-refractivity contribution in [2.45, 2.75) is 39.3 Å². The molecule has 0 heterocycles. The first-order valence-corrected chi connectivity index (χ1v) is 10.5. The van der Waals surface area contributed by atoms with Crippen LogP contribution in [-0.2, 0) is 16.1 Å². The van der Waals surface area contributed by atoms with Crippen molar-refractivity contribution in [1.29, 1.82) is 0 Å². The molecule has 0 saturated heterocycles. The number of nitrogens with zero attached hydrogens (tertiary/aromatic N) is 1. The molecule has 0 spiro atoms. The fourth-order valence-corrected chi connectivity index (χ4v) is 3.42. The third-order valence-corrected chi connectivity index (χ3v) is 5.21. The molecule has 8 heteroatoms. The number of rotatable bonds is 10. The molecule has 0 bridgehead atoms. The van der Waals surface area contributed by atoms with Gasteiger partial charge in [-0.1, -0.05) is 43.1 Å². The van der Waals surface area contributed by atoms with Gasteiger partial charge >= 0.3 is 0 Å². The van der Waals surface area contributed by atoms with Gasteiger partial charge in [-0.2, -0.15) is 0 Å². The normalized spacial score (nSPS) is 11.6. The van der Waals surface area contributed by atoms with Crippen molar-refractivity contribution < 1.29 is 18.7 Å². The summed E-state index contributed by atoms with van der Waals surface area (Å²) in [6, 6.07) is 9.71. The van der Waals surface area contributed by atoms with Crippen LogP contribution in [0, 0.1) is 5.82 Å². The van der Waals surface area contributed by atoms with E-state index in [0.717, 1.165) is 6.42 Å². The summed E-state index contributed by atoms with van der Waals surface area (Å²) in [7, 11) is 0. The SMILES string of the molecule is CCCNC(=O)[C@H](CC)N(Cc1c(Cl)cccc1Cl)C(=O)COc1ccc(F)cc1. The predicted molar refractivity (Wildman–Crippen MR) is 116 cm³/mol. The van der Waals surface area contributed by atoms with Crippen LogP contribution in [0.15, 0.2) is 42.5 Å². The van der Waals surface area contributed by atoms with Crippen molar-refractivity contribution in [3.8, 4) is 5.75 Å². The molecule has 0 unspecified atom stereocenters. The summed E-state index contributed by atoms with van der Waals surface area (Å²) in [6.45, 7) is 4.03. The molecule has 1 atom stereocenters. The van der Waals surface area contributed by atoms with Crippen molar-refractivity contribution in [3.63, 3.8) is 0 Å². The van der Waals surface area contributed by atoms with Crippen LogP contribution in [0.25, 0.3) is 0 Å². The molecule has 0 aliphatic heterocycles. The van der Waals surface area contributed by atoms with Gasteiger partial charge in [-0.05, 0) is 49.2 Å². The first-order chi connectivity index (χ1) is 14.4. The Morgan fingerprint density at radius 2 is 1.73 bits per heavy atom. The molecule has 2 rings (SSSR count). The molecule has 2 amide bonds. The maximum Gasteiger partial charge on any atom is 0.261 e. The predicted octanol–water partition coefficient (Wildman–Crippen LogP) is 4.84. The zero-order valence-electron chi connectivity index (χ0n) is 17.0. The second-order valence-corrected chi connectivity index (χ2v) is 7.49. The minimum Gasteiger partial charge on any atom is -0.484 e. The van der Waals surface area contributed by atoms with Gasteiger partial charge in [0.05, 0.1) is 0 Å². The highest BCUT2D eigenvalue weighted by Crippen LogP contribution is 2.27. The lowest BCUT2D eigenvalue weighted by molar-refractivity contribution is -0.143. The number of nitrogens with one attached hydrogen (secondary N) is 1. The zero-order valence-corrected chi connectivity index (χ0v) is 18.5. The summed E-state index contributed by atoms with van der Waals surface area (Å²) in [5.41, 5.74) is 0.553. The lowest BCUT2D eigenvalue weighted by atomic mass is 10.1. The molecular weight excluding hydrogens is 430 g/mol. The van der Waals surface area contributed by atoms with Crippen LogP contribution in [0.1, 0.15) is 32.3 Å². The Morgan fingerprint density at radius 1 is 1.10 bits per heavy atom. The van der Waals surface area contributed by atoms with E-state index in [4.69, 9.17) is 27.9 Å². The number of carbonyl (C=O) groups excluding carboxylic acids is 2. The molecule has 0 radical (unpaired) electrons. The van der Waals surface area contributed by atoms with Crippen LogP contribution in [-0.4, -0.2) is 35.9 Å². The van der Waals surface area contributed by atoms with Gasteiger partial charge in [-0.15, -0.1) is 0 Å². The summed E-state index contributed by atoms with van der Waals surface area (Å²) < 4.78 is 18.6. The highest BCUT2D eigenvalue weighted by atomic mass is 35.5. The maximum absolute atomic E-state index is 13.1. The van der Waals surface area contributed by atoms with Crippen molar-refractivity contribution in [3.05, 3.63) is 63.9 Å². The van der Waals surface area contributed by atoms with Crippen molar-refractivity contribution in [2.24, 2.45) is 0 Å². The van der Waals surface area contributed by atoms with Crippen LogP contribution in [0.5, 0.6) is 5.75 Å². The minimum absolute atomic E-state index is 0.0577. The van der Waals surface area contributed by atoms with Crippen LogP contribution in [0.3, 0.4) is 0 Å². The van der Waals surface area contributed by atoms with Gasteiger partial charge < -0.3 is 15.0 Å². The molecule has 30 heavy (non-hydrogen) atoms. The Kier molecular flexibility index (Phi) is 9.40. The Balaban J connectivity index is 2.25. The van der Waals surface area contributed by atoms with E-state index in [1.54, 1.807) is 18.2 Å². The molecule has 1 N–H and O–H groups in total. The molecule has 0 aromatic heterocycles. The third-order valence-electron chi connectivity index (χ3n) is 4.50. The largest absolute Gasteiger partial charge is 0.484 e. The monoisotopic (exact) mass is 454 g/mol. The Bertz CT molecular complexity index is 842. The number of hydrogen-bond donors (Lipinski definition) is 1. The molecule has 0 aliphatic rings. The summed E-state index contributed by atoms with van der Waals surface area (Å²) in [5, 5.41) is 3.64. The highest BCUT2D eigenvalue weighted by molar-refractivity contribution is 6.36. The second-order valence-electron chi connectivity index (χ2n) is 6.68. The van der Waals surface area contributed by atoms with Crippen LogP contribution in [0.4, 0.5) is 4.39 Å². The lowest BCUT2D eigenvalue weighted by Gasteiger charge is -2.31. The molecule has 2 aromatic carbocycles. The fourth-order valence-electron chi connectivity index (χ4n) is 2.90. The maximum atomic E-state index is 13.1. The first-order valence-electron chi connectivity index (χ1n) is 9.75. The Hall–Kier alpha value is -2.31. The van der Waals surface area contributed by atoms with Crippen molar-refractivity contribution >= 4 is 35.0 Å². The summed E-state index contributed by atoms with van der Waals surface area (Å²) in [6.07, 6.45) is 1.18. The van der Waals surface area contributed by atoms with Gasteiger partial charge in [0, 0.05) is 28.7 Å². The second kappa shape index (κ2) is 11.8. The van der Waals surface area contributed by atoms with Gasteiger partial charge in [0.1, 0.15) is 17.6 Å². The van der Waals surface area contributed by atoms with Crippen molar-refractivity contribution in [1.82, 2.24) is 10.2 Å². The number of hydrogen-bond acceptors (Lipinski definition) is 3. The van der Waals surface area contributed by atoms with E-state index < -0.39 is 17.8 Å². The summed E-state index contributed by atoms with van der Waals surface area (Å²) in [5.74, 6) is -0.710. The van der Waals surface area contributed by atoms with E-state index in [1.165, 1.54) is 29.2 Å². The standard InChI is InChI=1S/C22H25Cl2FN2O3/c1-3-12-26-22(29)20(4-2)27(13-17-18(23)6-5-7-19(17)24)21(28)14-30-16-10-8-15(25)9-11-16/h5-11,20H,3-4,12-14H2,1-2H3,(H,26,29)/t20-/m0/s1. The van der Waals surface area contributed by atoms with Gasteiger partial charge in [-0.3, -0.25) is 9.59 Å². The third kappa shape index (κ3) is 6.61. The molecule has 162 valence electrons. The van der Waals surface area contributed by atoms with Gasteiger partial charge in [0.2, 0.25) is 5.91 Å². The molecule has 0 saturated carbocycles. The van der Waals surface area contributed by atoms with Gasteiger partial charge in [0.15, 0.2) is 6.61 Å². The number of halogens is 3. The smallest absolute Gasteiger partial charge is 0.261 e. The lowest BCUT2D eigenvalue weighted by Crippen LogP contribution is -2.50. The topological polar surface area (TPSA) is 58.6 Å². The fraction of sp³-hybridized carbons (Fsp3) is 0.364. The van der Waals surface area contributed by atoms with E-state index in [1.807, 2.05) is 13.8 Å². The number of amides is 2. The van der Waals surface area contributed by atoms with E-state index in [2.05, 4.69) is 5.32 Å². The molecule has 2 aromatic rings. The number of ether oxygens (including phenoxy) is 1. The van der Waals surface area contributed by atoms with E-state index in [-0.39, 0.29) is 19.1 Å². The van der Waals surface area contributed by atoms with Crippen LogP contribution < -0.4 is 10.1 Å². The quantitative estimate of drug-likeness (QED) is 0.558. The van der Waals surface area contributed by atoms with E-state index in [9.17, 15) is 14.0 Å². The molecule has 0 aliphatic carbocycles. The van der Waals surface area contributed by atoms with Crippen LogP contribution in [0.2, 0.25) is 10.0 Å². The van der Waals surface area contributed by atoms with E-state index >= 15 is 0 Å².